The number of amides is 2. The fourth-order valence-corrected chi connectivity index (χ4v) is 5.40. The Morgan fingerprint density at radius 1 is 1.32 bits per heavy atom. The zero-order valence-corrected chi connectivity index (χ0v) is 24.7. The predicted octanol–water partition coefficient (Wildman–Crippen LogP) is 5.69. The standard InChI is InChI=1S/C27H39ClFN5O3Si/c1-27(2,3)38(4,5)37-17-24(18-6-7-21(28)22(29)14-18)33-26(35)34-11-8-19-15-30-25(32-23(19)16-34)31-20-9-12-36-13-10-20/h6-7,14-15,20,24H,8-13,16-17H2,1-5H3,(H,33,35)(H,30,31,32)/t24-/m1/s1. The molecule has 4 rings (SSSR count). The number of anilines is 1. The molecule has 0 bridgehead atoms. The first-order valence-corrected chi connectivity index (χ1v) is 16.5. The van der Waals surface area contributed by atoms with Gasteiger partial charge in [0.25, 0.3) is 0 Å². The van der Waals surface area contributed by atoms with Crippen LogP contribution in [0.15, 0.2) is 24.4 Å². The van der Waals surface area contributed by atoms with Gasteiger partial charge < -0.3 is 24.7 Å². The zero-order chi connectivity index (χ0) is 27.5. The molecule has 2 aliphatic rings. The maximum atomic E-state index is 14.4. The molecule has 0 saturated carbocycles. The molecule has 8 nitrogen and oxygen atoms in total. The van der Waals surface area contributed by atoms with Crippen LogP contribution in [0, 0.1) is 5.82 Å². The summed E-state index contributed by atoms with van der Waals surface area (Å²) in [5.74, 6) is 0.0547. The summed E-state index contributed by atoms with van der Waals surface area (Å²) in [5, 5.41) is 6.53. The van der Waals surface area contributed by atoms with Crippen molar-refractivity contribution in [2.75, 3.05) is 31.7 Å². The van der Waals surface area contributed by atoms with Crippen molar-refractivity contribution in [3.63, 3.8) is 0 Å². The molecule has 0 radical (unpaired) electrons. The van der Waals surface area contributed by atoms with Gasteiger partial charge in [0.2, 0.25) is 5.95 Å². The summed E-state index contributed by atoms with van der Waals surface area (Å²) in [6.07, 6.45) is 4.35. The Kier molecular flexibility index (Phi) is 8.96. The molecule has 2 aliphatic heterocycles. The van der Waals surface area contributed by atoms with Crippen molar-refractivity contribution in [3.8, 4) is 0 Å². The summed E-state index contributed by atoms with van der Waals surface area (Å²) in [6.45, 7) is 13.4. The Hall–Kier alpha value is -2.27. The number of aromatic nitrogens is 2. The lowest BCUT2D eigenvalue weighted by Gasteiger charge is -2.38. The number of nitrogens with zero attached hydrogens (tertiary/aromatic N) is 3. The first-order chi connectivity index (χ1) is 17.9. The molecule has 1 fully saturated rings. The molecule has 2 amide bonds. The van der Waals surface area contributed by atoms with Crippen molar-refractivity contribution in [2.24, 2.45) is 0 Å². The summed E-state index contributed by atoms with van der Waals surface area (Å²) < 4.78 is 26.2. The van der Waals surface area contributed by atoms with Crippen LogP contribution in [-0.2, 0) is 22.1 Å². The number of urea groups is 1. The normalized spacial score (nSPS) is 17.6. The van der Waals surface area contributed by atoms with Crippen molar-refractivity contribution in [1.82, 2.24) is 20.2 Å². The molecule has 11 heteroatoms. The molecule has 38 heavy (non-hydrogen) atoms. The Labute approximate surface area is 230 Å². The molecular formula is C27H39ClFN5O3Si. The van der Waals surface area contributed by atoms with E-state index in [1.807, 2.05) is 6.20 Å². The van der Waals surface area contributed by atoms with Crippen LogP contribution in [0.5, 0.6) is 0 Å². The molecule has 0 unspecified atom stereocenters. The van der Waals surface area contributed by atoms with Gasteiger partial charge in [0.05, 0.1) is 29.9 Å². The van der Waals surface area contributed by atoms with Crippen LogP contribution in [0.2, 0.25) is 23.2 Å². The minimum atomic E-state index is -2.10. The lowest BCUT2D eigenvalue weighted by atomic mass is 10.1. The van der Waals surface area contributed by atoms with Gasteiger partial charge in [-0.15, -0.1) is 0 Å². The Balaban J connectivity index is 1.46. The van der Waals surface area contributed by atoms with Crippen LogP contribution < -0.4 is 10.6 Å². The Morgan fingerprint density at radius 3 is 2.74 bits per heavy atom. The lowest BCUT2D eigenvalue weighted by Crippen LogP contribution is -2.47. The van der Waals surface area contributed by atoms with Gasteiger partial charge in [-0.25, -0.2) is 19.2 Å². The van der Waals surface area contributed by atoms with E-state index in [2.05, 4.69) is 49.5 Å². The van der Waals surface area contributed by atoms with Gasteiger partial charge in [-0.1, -0.05) is 38.4 Å². The molecule has 1 atom stereocenters. The van der Waals surface area contributed by atoms with Gasteiger partial charge in [-0.05, 0) is 60.7 Å². The quantitative estimate of drug-likeness (QED) is 0.421. The third-order valence-corrected chi connectivity index (χ3v) is 12.7. The highest BCUT2D eigenvalue weighted by atomic mass is 35.5. The van der Waals surface area contributed by atoms with E-state index in [-0.39, 0.29) is 28.7 Å². The maximum absolute atomic E-state index is 14.4. The number of hydrogen-bond donors (Lipinski definition) is 2. The van der Waals surface area contributed by atoms with E-state index in [0.717, 1.165) is 37.3 Å². The Bertz CT molecular complexity index is 1140. The number of ether oxygens (including phenoxy) is 1. The van der Waals surface area contributed by atoms with E-state index < -0.39 is 20.2 Å². The molecule has 1 aromatic heterocycles. The van der Waals surface area contributed by atoms with Crippen LogP contribution >= 0.6 is 11.6 Å². The summed E-state index contributed by atoms with van der Waals surface area (Å²) >= 11 is 5.93. The summed E-state index contributed by atoms with van der Waals surface area (Å²) in [7, 11) is -2.10. The van der Waals surface area contributed by atoms with Gasteiger partial charge in [-0.2, -0.15) is 0 Å². The molecule has 2 aromatic rings. The topological polar surface area (TPSA) is 88.6 Å². The van der Waals surface area contributed by atoms with E-state index in [1.165, 1.54) is 12.1 Å². The van der Waals surface area contributed by atoms with Gasteiger partial charge in [-0.3, -0.25) is 0 Å². The zero-order valence-electron chi connectivity index (χ0n) is 22.9. The number of carbonyl (C=O) groups excluding carboxylic acids is 1. The number of carbonyl (C=O) groups is 1. The molecule has 1 aromatic carbocycles. The second kappa shape index (κ2) is 11.9. The summed E-state index contributed by atoms with van der Waals surface area (Å²) in [5.41, 5.74) is 2.49. The summed E-state index contributed by atoms with van der Waals surface area (Å²) in [4.78, 5) is 24.4. The van der Waals surface area contributed by atoms with Crippen LogP contribution in [0.1, 0.15) is 56.5 Å². The molecule has 2 N–H and O–H groups in total. The molecule has 0 aliphatic carbocycles. The van der Waals surface area contributed by atoms with Crippen LogP contribution in [0.3, 0.4) is 0 Å². The monoisotopic (exact) mass is 563 g/mol. The Morgan fingerprint density at radius 2 is 2.05 bits per heavy atom. The number of halogens is 2. The molecule has 1 saturated heterocycles. The molecule has 3 heterocycles. The van der Waals surface area contributed by atoms with E-state index in [0.29, 0.717) is 31.0 Å². The number of benzene rings is 1. The second-order valence-electron chi connectivity index (χ2n) is 11.6. The number of nitrogens with one attached hydrogen (secondary N) is 2. The number of fused-ring (bicyclic) bond motifs is 1. The van der Waals surface area contributed by atoms with Crippen molar-refractivity contribution in [3.05, 3.63) is 52.1 Å². The number of hydrogen-bond acceptors (Lipinski definition) is 6. The van der Waals surface area contributed by atoms with E-state index >= 15 is 0 Å². The largest absolute Gasteiger partial charge is 0.414 e. The maximum Gasteiger partial charge on any atom is 0.318 e. The van der Waals surface area contributed by atoms with Gasteiger partial charge in [0.15, 0.2) is 8.32 Å². The second-order valence-corrected chi connectivity index (χ2v) is 16.8. The van der Waals surface area contributed by atoms with E-state index in [9.17, 15) is 9.18 Å². The predicted molar refractivity (Wildman–Crippen MR) is 149 cm³/mol. The van der Waals surface area contributed by atoms with Crippen molar-refractivity contribution in [2.45, 2.75) is 76.8 Å². The first-order valence-electron chi connectivity index (χ1n) is 13.3. The van der Waals surface area contributed by atoms with Gasteiger partial charge >= 0.3 is 6.03 Å². The SMILES string of the molecule is CC(C)(C)[Si](C)(C)OC[C@@H](NC(=O)N1CCc2cnc(NC3CCOCC3)nc2C1)c1ccc(Cl)c(F)c1. The van der Waals surface area contributed by atoms with Gasteiger partial charge in [0.1, 0.15) is 5.82 Å². The third kappa shape index (κ3) is 7.02. The molecule has 0 spiro atoms. The van der Waals surface area contributed by atoms with Crippen molar-refractivity contribution < 1.29 is 18.3 Å². The number of rotatable bonds is 7. The molecular weight excluding hydrogens is 525 g/mol. The van der Waals surface area contributed by atoms with Gasteiger partial charge in [0, 0.05) is 32.0 Å². The van der Waals surface area contributed by atoms with Crippen molar-refractivity contribution >= 4 is 31.9 Å². The fraction of sp³-hybridized carbons (Fsp3) is 0.593. The first kappa shape index (κ1) is 28.7. The van der Waals surface area contributed by atoms with Crippen LogP contribution in [-0.4, -0.2) is 61.6 Å². The minimum Gasteiger partial charge on any atom is -0.414 e. The van der Waals surface area contributed by atoms with E-state index in [4.69, 9.17) is 25.7 Å². The lowest BCUT2D eigenvalue weighted by molar-refractivity contribution is 0.0903. The summed E-state index contributed by atoms with van der Waals surface area (Å²) in [6, 6.07) is 4.13. The highest BCUT2D eigenvalue weighted by Gasteiger charge is 2.38. The highest BCUT2D eigenvalue weighted by molar-refractivity contribution is 6.74. The van der Waals surface area contributed by atoms with Crippen LogP contribution in [0.25, 0.3) is 0 Å². The smallest absolute Gasteiger partial charge is 0.318 e. The fourth-order valence-electron chi connectivity index (χ4n) is 4.27. The van der Waals surface area contributed by atoms with Crippen LogP contribution in [0.4, 0.5) is 15.1 Å². The highest BCUT2D eigenvalue weighted by Crippen LogP contribution is 2.37. The molecule has 208 valence electrons. The van der Waals surface area contributed by atoms with Crippen molar-refractivity contribution in [1.29, 1.82) is 0 Å². The minimum absolute atomic E-state index is 0.000513. The third-order valence-electron chi connectivity index (χ3n) is 7.85. The van der Waals surface area contributed by atoms with E-state index in [1.54, 1.807) is 11.0 Å². The average Bonchev–Trinajstić information content (AvgIpc) is 2.87. The average molecular weight is 564 g/mol.